The van der Waals surface area contributed by atoms with Crippen LogP contribution in [0.1, 0.15) is 6.92 Å². The molecule has 0 aromatic heterocycles. The Hall–Kier alpha value is -2.30. The van der Waals surface area contributed by atoms with Gasteiger partial charge in [-0.3, -0.25) is 0 Å². The highest BCUT2D eigenvalue weighted by Crippen LogP contribution is 2.12. The summed E-state index contributed by atoms with van der Waals surface area (Å²) in [7, 11) is 0. The maximum Gasteiger partial charge on any atom is 0.341 e. The van der Waals surface area contributed by atoms with E-state index in [9.17, 15) is 9.59 Å². The lowest BCUT2D eigenvalue weighted by Gasteiger charge is -2.08. The zero-order valence-electron chi connectivity index (χ0n) is 9.42. The van der Waals surface area contributed by atoms with Gasteiger partial charge in [0, 0.05) is 0 Å². The minimum absolute atomic E-state index is 0.0297. The van der Waals surface area contributed by atoms with Crippen LogP contribution in [0.2, 0.25) is 0 Å². The summed E-state index contributed by atoms with van der Waals surface area (Å²) in [5.41, 5.74) is -0.153. The van der Waals surface area contributed by atoms with Crippen molar-refractivity contribution >= 4 is 11.9 Å². The van der Waals surface area contributed by atoms with E-state index in [1.54, 1.807) is 19.1 Å². The summed E-state index contributed by atoms with van der Waals surface area (Å²) < 4.78 is 4.90. The number of rotatable bonds is 7. The lowest BCUT2D eigenvalue weighted by molar-refractivity contribution is -0.141. The van der Waals surface area contributed by atoms with Gasteiger partial charge in [0.25, 0.3) is 0 Å². The molecule has 0 amide bonds. The topological polar surface area (TPSA) is 83.8 Å². The lowest BCUT2D eigenvalue weighted by atomic mass is 10.2. The predicted molar refractivity (Wildman–Crippen MR) is 62.4 cm³/mol. The summed E-state index contributed by atoms with van der Waals surface area (Å²) in [4.78, 5) is 21.3. The molecule has 0 saturated heterocycles. The van der Waals surface area contributed by atoms with Crippen LogP contribution in [-0.2, 0) is 14.3 Å². The van der Waals surface area contributed by atoms with Crippen LogP contribution in [0.15, 0.2) is 48.3 Å². The van der Waals surface area contributed by atoms with E-state index in [0.717, 1.165) is 0 Å². The average molecular weight is 238 g/mol. The summed E-state index contributed by atoms with van der Waals surface area (Å²) in [5, 5.41) is 17.4. The van der Waals surface area contributed by atoms with Crippen molar-refractivity contribution in [3.63, 3.8) is 0 Å². The second-order valence-corrected chi connectivity index (χ2v) is 2.86. The molecule has 0 fully saturated rings. The maximum atomic E-state index is 10.9. The summed E-state index contributed by atoms with van der Waals surface area (Å²) >= 11 is 0. The van der Waals surface area contributed by atoms with E-state index < -0.39 is 18.5 Å². The molecule has 0 unspecified atom stereocenters. The van der Waals surface area contributed by atoms with Crippen molar-refractivity contribution in [1.29, 1.82) is 0 Å². The first-order valence-corrected chi connectivity index (χ1v) is 4.76. The Kier molecular flexibility index (Phi) is 6.85. The van der Waals surface area contributed by atoms with Crippen LogP contribution in [0, 0.1) is 0 Å². The number of allylic oxidation sites excluding steroid dienone is 5. The molecule has 2 N–H and O–H groups in total. The molecule has 5 nitrogen and oxygen atoms in total. The molecule has 0 aromatic carbocycles. The molecule has 0 aromatic rings. The van der Waals surface area contributed by atoms with Crippen LogP contribution >= 0.6 is 0 Å². The Balaban J connectivity index is 5.13. The lowest BCUT2D eigenvalue weighted by Crippen LogP contribution is -2.11. The van der Waals surface area contributed by atoms with Gasteiger partial charge in [0.2, 0.25) is 0 Å². The zero-order chi connectivity index (χ0) is 13.3. The minimum Gasteiger partial charge on any atom is -0.481 e. The van der Waals surface area contributed by atoms with Crippen LogP contribution in [-0.4, -0.2) is 28.8 Å². The first kappa shape index (κ1) is 14.7. The molecule has 0 heterocycles. The Morgan fingerprint density at radius 3 is 2.35 bits per heavy atom. The van der Waals surface area contributed by atoms with Crippen molar-refractivity contribution in [2.45, 2.75) is 6.92 Å². The Morgan fingerprint density at radius 1 is 1.29 bits per heavy atom. The molecule has 0 atom stereocenters. The number of carboxylic acids is 2. The average Bonchev–Trinajstić information content (AvgIpc) is 2.26. The van der Waals surface area contributed by atoms with Crippen molar-refractivity contribution in [3.8, 4) is 0 Å². The maximum absolute atomic E-state index is 10.9. The van der Waals surface area contributed by atoms with Gasteiger partial charge in [-0.1, -0.05) is 24.8 Å². The second-order valence-electron chi connectivity index (χ2n) is 2.86. The number of carboxylic acid groups (broad SMARTS) is 2. The Bertz CT molecular complexity index is 388. The fourth-order valence-electron chi connectivity index (χ4n) is 0.915. The van der Waals surface area contributed by atoms with Crippen LogP contribution in [0.4, 0.5) is 0 Å². The molecule has 5 heteroatoms. The quantitative estimate of drug-likeness (QED) is 0.401. The van der Waals surface area contributed by atoms with Crippen molar-refractivity contribution in [2.75, 3.05) is 6.61 Å². The highest BCUT2D eigenvalue weighted by molar-refractivity contribution is 5.91. The van der Waals surface area contributed by atoms with E-state index in [2.05, 4.69) is 6.58 Å². The normalized spacial score (nSPS) is 12.5. The van der Waals surface area contributed by atoms with E-state index in [1.165, 1.54) is 18.2 Å². The van der Waals surface area contributed by atoms with E-state index in [0.29, 0.717) is 0 Å². The van der Waals surface area contributed by atoms with E-state index in [-0.39, 0.29) is 11.3 Å². The molecule has 0 spiro atoms. The molecule has 0 radical (unpaired) electrons. The molecule has 0 aliphatic carbocycles. The third-order valence-corrected chi connectivity index (χ3v) is 1.57. The van der Waals surface area contributed by atoms with Gasteiger partial charge in [-0.05, 0) is 19.1 Å². The first-order chi connectivity index (χ1) is 8.02. The van der Waals surface area contributed by atoms with E-state index >= 15 is 0 Å². The summed E-state index contributed by atoms with van der Waals surface area (Å²) in [6, 6.07) is 0. The van der Waals surface area contributed by atoms with Crippen LogP contribution in [0.3, 0.4) is 0 Å². The third kappa shape index (κ3) is 5.99. The highest BCUT2D eigenvalue weighted by Gasteiger charge is 2.14. The number of carbonyl (C=O) groups is 2. The van der Waals surface area contributed by atoms with Gasteiger partial charge in [0.1, 0.15) is 11.3 Å². The Labute approximate surface area is 99.0 Å². The van der Waals surface area contributed by atoms with Gasteiger partial charge in [-0.15, -0.1) is 0 Å². The van der Waals surface area contributed by atoms with Crippen LogP contribution in [0.5, 0.6) is 0 Å². The van der Waals surface area contributed by atoms with Gasteiger partial charge >= 0.3 is 11.9 Å². The van der Waals surface area contributed by atoms with Crippen LogP contribution in [0.25, 0.3) is 0 Å². The second kappa shape index (κ2) is 7.92. The summed E-state index contributed by atoms with van der Waals surface area (Å²) in [6.07, 6.45) is 7.12. The zero-order valence-corrected chi connectivity index (χ0v) is 9.42. The molecular formula is C12H14O5. The smallest absolute Gasteiger partial charge is 0.341 e. The summed E-state index contributed by atoms with van der Waals surface area (Å²) in [6.45, 7) is 4.52. The third-order valence-electron chi connectivity index (χ3n) is 1.57. The number of hydrogen-bond acceptors (Lipinski definition) is 3. The van der Waals surface area contributed by atoms with Gasteiger partial charge < -0.3 is 14.9 Å². The monoisotopic (exact) mass is 238 g/mol. The fourth-order valence-corrected chi connectivity index (χ4v) is 0.915. The van der Waals surface area contributed by atoms with Crippen LogP contribution < -0.4 is 0 Å². The van der Waals surface area contributed by atoms with Gasteiger partial charge in [0.05, 0.1) is 0 Å². The molecule has 0 aliphatic heterocycles. The SMILES string of the molecule is C=C\C=C(C(=O)O)/C(=C\C=C/C)OCC(=O)O. The molecular weight excluding hydrogens is 224 g/mol. The van der Waals surface area contributed by atoms with Crippen molar-refractivity contribution in [2.24, 2.45) is 0 Å². The van der Waals surface area contributed by atoms with Crippen molar-refractivity contribution < 1.29 is 24.5 Å². The molecule has 0 aliphatic rings. The fraction of sp³-hybridized carbons (Fsp3) is 0.167. The molecule has 17 heavy (non-hydrogen) atoms. The van der Waals surface area contributed by atoms with Gasteiger partial charge in [-0.2, -0.15) is 0 Å². The van der Waals surface area contributed by atoms with Gasteiger partial charge in [0.15, 0.2) is 6.61 Å². The highest BCUT2D eigenvalue weighted by atomic mass is 16.5. The van der Waals surface area contributed by atoms with E-state index in [1.807, 2.05) is 0 Å². The standard InChI is InChI=1S/C12H14O5/c1-3-5-7-10(17-8-11(13)14)9(6-4-2)12(15)16/h3-7H,2,8H2,1H3,(H,13,14)(H,15,16)/b5-3-,9-6+,10-7+. The van der Waals surface area contributed by atoms with Gasteiger partial charge in [-0.25, -0.2) is 9.59 Å². The minimum atomic E-state index is -1.22. The van der Waals surface area contributed by atoms with Crippen molar-refractivity contribution in [3.05, 3.63) is 48.3 Å². The Morgan fingerprint density at radius 2 is 1.94 bits per heavy atom. The molecule has 92 valence electrons. The van der Waals surface area contributed by atoms with E-state index in [4.69, 9.17) is 14.9 Å². The first-order valence-electron chi connectivity index (χ1n) is 4.76. The molecule has 0 saturated carbocycles. The predicted octanol–water partition coefficient (Wildman–Crippen LogP) is 1.74. The van der Waals surface area contributed by atoms with Crippen molar-refractivity contribution in [1.82, 2.24) is 0 Å². The molecule has 0 bridgehead atoms. The number of hydrogen-bond donors (Lipinski definition) is 2. The number of ether oxygens (including phenoxy) is 1. The largest absolute Gasteiger partial charge is 0.481 e. The number of aliphatic carboxylic acids is 2. The molecule has 0 rings (SSSR count). The summed E-state index contributed by atoms with van der Waals surface area (Å²) in [5.74, 6) is -2.43.